The van der Waals surface area contributed by atoms with Gasteiger partial charge >= 0.3 is 0 Å². The van der Waals surface area contributed by atoms with E-state index in [2.05, 4.69) is 65.3 Å². The average Bonchev–Trinajstić information content (AvgIpc) is 2.55. The van der Waals surface area contributed by atoms with Gasteiger partial charge in [0, 0.05) is 18.9 Å². The van der Waals surface area contributed by atoms with Gasteiger partial charge in [0.15, 0.2) is 0 Å². The minimum atomic E-state index is 0.198. The molecule has 118 valence electrons. The summed E-state index contributed by atoms with van der Waals surface area (Å²) in [5, 5.41) is 4.35. The SMILES string of the molecule is CC(C)(C)c1ccc(CCNc2ncnc3ccncc23)cc1. The molecule has 0 aliphatic heterocycles. The van der Waals surface area contributed by atoms with E-state index in [1.807, 2.05) is 6.07 Å². The molecule has 0 fully saturated rings. The Morgan fingerprint density at radius 3 is 2.52 bits per heavy atom. The first-order valence-electron chi connectivity index (χ1n) is 7.92. The van der Waals surface area contributed by atoms with E-state index in [0.717, 1.165) is 29.7 Å². The fourth-order valence-corrected chi connectivity index (χ4v) is 2.54. The molecule has 0 amide bonds. The number of benzene rings is 1. The van der Waals surface area contributed by atoms with Crippen molar-refractivity contribution in [3.63, 3.8) is 0 Å². The van der Waals surface area contributed by atoms with Crippen LogP contribution in [0.5, 0.6) is 0 Å². The van der Waals surface area contributed by atoms with Gasteiger partial charge in [-0.3, -0.25) is 4.98 Å². The van der Waals surface area contributed by atoms with Crippen LogP contribution in [0.4, 0.5) is 5.82 Å². The highest BCUT2D eigenvalue weighted by Gasteiger charge is 2.12. The van der Waals surface area contributed by atoms with E-state index in [1.165, 1.54) is 11.1 Å². The first kappa shape index (κ1) is 15.4. The first-order chi connectivity index (χ1) is 11.0. The predicted molar refractivity (Wildman–Crippen MR) is 94.7 cm³/mol. The molecule has 3 rings (SSSR count). The molecule has 0 aliphatic carbocycles. The monoisotopic (exact) mass is 306 g/mol. The van der Waals surface area contributed by atoms with Gasteiger partial charge in [-0.05, 0) is 29.0 Å². The third-order valence-electron chi connectivity index (χ3n) is 3.96. The average molecular weight is 306 g/mol. The largest absolute Gasteiger partial charge is 0.369 e. The van der Waals surface area contributed by atoms with Gasteiger partial charge in [0.05, 0.1) is 10.9 Å². The van der Waals surface area contributed by atoms with E-state index < -0.39 is 0 Å². The van der Waals surface area contributed by atoms with Crippen LogP contribution in [-0.4, -0.2) is 21.5 Å². The van der Waals surface area contributed by atoms with Crippen LogP contribution in [0, 0.1) is 0 Å². The normalized spacial score (nSPS) is 11.6. The molecule has 0 radical (unpaired) electrons. The molecule has 2 aromatic heterocycles. The van der Waals surface area contributed by atoms with Gasteiger partial charge in [-0.2, -0.15) is 0 Å². The fourth-order valence-electron chi connectivity index (χ4n) is 2.54. The number of aromatic nitrogens is 3. The van der Waals surface area contributed by atoms with Crippen molar-refractivity contribution in [3.8, 4) is 0 Å². The molecule has 0 saturated heterocycles. The zero-order valence-corrected chi connectivity index (χ0v) is 13.9. The van der Waals surface area contributed by atoms with Crippen LogP contribution in [0.2, 0.25) is 0 Å². The van der Waals surface area contributed by atoms with E-state index >= 15 is 0 Å². The number of hydrogen-bond donors (Lipinski definition) is 1. The Morgan fingerprint density at radius 2 is 1.78 bits per heavy atom. The third-order valence-corrected chi connectivity index (χ3v) is 3.96. The maximum absolute atomic E-state index is 4.32. The summed E-state index contributed by atoms with van der Waals surface area (Å²) >= 11 is 0. The lowest BCUT2D eigenvalue weighted by Gasteiger charge is -2.19. The Balaban J connectivity index is 1.65. The Hall–Kier alpha value is -2.49. The van der Waals surface area contributed by atoms with Crippen molar-refractivity contribution in [2.45, 2.75) is 32.6 Å². The lowest BCUT2D eigenvalue weighted by molar-refractivity contribution is 0.590. The second-order valence-corrected chi connectivity index (χ2v) is 6.74. The Bertz CT molecular complexity index is 783. The van der Waals surface area contributed by atoms with E-state index in [-0.39, 0.29) is 5.41 Å². The Labute approximate surface area is 137 Å². The van der Waals surface area contributed by atoms with Gasteiger partial charge in [-0.15, -0.1) is 0 Å². The highest BCUT2D eigenvalue weighted by atomic mass is 15.0. The summed E-state index contributed by atoms with van der Waals surface area (Å²) in [4.78, 5) is 12.7. The molecule has 2 heterocycles. The third kappa shape index (κ3) is 3.65. The lowest BCUT2D eigenvalue weighted by atomic mass is 9.86. The molecule has 0 bridgehead atoms. The predicted octanol–water partition coefficient (Wildman–Crippen LogP) is 3.98. The van der Waals surface area contributed by atoms with Crippen LogP contribution in [0.25, 0.3) is 10.9 Å². The number of nitrogens with one attached hydrogen (secondary N) is 1. The van der Waals surface area contributed by atoms with Crippen molar-refractivity contribution in [1.29, 1.82) is 0 Å². The van der Waals surface area contributed by atoms with Gasteiger partial charge in [-0.25, -0.2) is 9.97 Å². The zero-order chi connectivity index (χ0) is 16.3. The molecular weight excluding hydrogens is 284 g/mol. The zero-order valence-electron chi connectivity index (χ0n) is 13.9. The molecule has 3 aromatic rings. The van der Waals surface area contributed by atoms with Crippen LogP contribution >= 0.6 is 0 Å². The summed E-state index contributed by atoms with van der Waals surface area (Å²) in [5.41, 5.74) is 3.79. The summed E-state index contributed by atoms with van der Waals surface area (Å²) in [6, 6.07) is 10.8. The number of fused-ring (bicyclic) bond motifs is 1. The van der Waals surface area contributed by atoms with E-state index in [1.54, 1.807) is 18.7 Å². The van der Waals surface area contributed by atoms with Crippen LogP contribution < -0.4 is 5.32 Å². The topological polar surface area (TPSA) is 50.7 Å². The van der Waals surface area contributed by atoms with Crippen LogP contribution in [0.3, 0.4) is 0 Å². The standard InChI is InChI=1S/C19H22N4/c1-19(2,3)15-6-4-14(5-7-15)8-11-21-18-16-12-20-10-9-17(16)22-13-23-18/h4-7,9-10,12-13H,8,11H2,1-3H3,(H,21,22,23). The molecule has 23 heavy (non-hydrogen) atoms. The fraction of sp³-hybridized carbons (Fsp3) is 0.316. The summed E-state index contributed by atoms with van der Waals surface area (Å²) < 4.78 is 0. The maximum Gasteiger partial charge on any atom is 0.138 e. The van der Waals surface area contributed by atoms with Crippen molar-refractivity contribution in [3.05, 3.63) is 60.2 Å². The number of hydrogen-bond acceptors (Lipinski definition) is 4. The minimum Gasteiger partial charge on any atom is -0.369 e. The second-order valence-electron chi connectivity index (χ2n) is 6.74. The number of nitrogens with zero attached hydrogens (tertiary/aromatic N) is 3. The summed E-state index contributed by atoms with van der Waals surface area (Å²) in [7, 11) is 0. The Kier molecular flexibility index (Phi) is 4.24. The van der Waals surface area contributed by atoms with E-state index in [0.29, 0.717) is 0 Å². The second kappa shape index (κ2) is 6.32. The van der Waals surface area contributed by atoms with E-state index in [9.17, 15) is 0 Å². The smallest absolute Gasteiger partial charge is 0.138 e. The van der Waals surface area contributed by atoms with Crippen molar-refractivity contribution in [1.82, 2.24) is 15.0 Å². The van der Waals surface area contributed by atoms with Crippen LogP contribution in [0.1, 0.15) is 31.9 Å². The van der Waals surface area contributed by atoms with Crippen molar-refractivity contribution in [2.75, 3.05) is 11.9 Å². The molecule has 0 spiro atoms. The molecule has 4 nitrogen and oxygen atoms in total. The molecule has 0 atom stereocenters. The van der Waals surface area contributed by atoms with Gasteiger partial charge in [0.1, 0.15) is 12.1 Å². The molecular formula is C19H22N4. The number of pyridine rings is 1. The highest BCUT2D eigenvalue weighted by molar-refractivity contribution is 5.87. The quantitative estimate of drug-likeness (QED) is 0.792. The first-order valence-corrected chi connectivity index (χ1v) is 7.92. The van der Waals surface area contributed by atoms with Gasteiger partial charge in [-0.1, -0.05) is 45.0 Å². The van der Waals surface area contributed by atoms with Gasteiger partial charge in [0.25, 0.3) is 0 Å². The van der Waals surface area contributed by atoms with Gasteiger partial charge < -0.3 is 5.32 Å². The molecule has 0 unspecified atom stereocenters. The van der Waals surface area contributed by atoms with Crippen LogP contribution in [0.15, 0.2) is 49.1 Å². The summed E-state index contributed by atoms with van der Waals surface area (Å²) in [5.74, 6) is 0.842. The summed E-state index contributed by atoms with van der Waals surface area (Å²) in [6.45, 7) is 7.53. The van der Waals surface area contributed by atoms with Crippen molar-refractivity contribution < 1.29 is 0 Å². The maximum atomic E-state index is 4.32. The number of anilines is 1. The molecule has 4 heteroatoms. The van der Waals surface area contributed by atoms with Crippen molar-refractivity contribution in [2.24, 2.45) is 0 Å². The highest BCUT2D eigenvalue weighted by Crippen LogP contribution is 2.22. The Morgan fingerprint density at radius 1 is 1.00 bits per heavy atom. The molecule has 0 aliphatic rings. The van der Waals surface area contributed by atoms with Crippen LogP contribution in [-0.2, 0) is 11.8 Å². The summed E-state index contributed by atoms with van der Waals surface area (Å²) in [6.07, 6.45) is 6.09. The lowest BCUT2D eigenvalue weighted by Crippen LogP contribution is -2.11. The van der Waals surface area contributed by atoms with Crippen molar-refractivity contribution >= 4 is 16.7 Å². The molecule has 1 N–H and O–H groups in total. The molecule has 1 aromatic carbocycles. The number of rotatable bonds is 4. The van der Waals surface area contributed by atoms with Gasteiger partial charge in [0.2, 0.25) is 0 Å². The minimum absolute atomic E-state index is 0.198. The van der Waals surface area contributed by atoms with E-state index in [4.69, 9.17) is 0 Å². The molecule has 0 saturated carbocycles.